The second-order valence-corrected chi connectivity index (χ2v) is 6.92. The number of nitrogens with zero attached hydrogens (tertiary/aromatic N) is 1. The molecule has 1 aliphatic heterocycles. The Hall–Kier alpha value is -2.15. The Bertz CT molecular complexity index is 642. The van der Waals surface area contributed by atoms with Crippen molar-refractivity contribution in [2.75, 3.05) is 26.8 Å². The first-order valence-corrected chi connectivity index (χ1v) is 8.84. The van der Waals surface area contributed by atoms with Crippen molar-refractivity contribution in [3.63, 3.8) is 0 Å². The molecule has 1 aromatic carbocycles. The largest absolute Gasteiger partial charge is 0.497 e. The van der Waals surface area contributed by atoms with Gasteiger partial charge in [0.1, 0.15) is 17.5 Å². The van der Waals surface area contributed by atoms with Gasteiger partial charge in [0, 0.05) is 31.8 Å². The zero-order valence-corrected chi connectivity index (χ0v) is 15.5. The van der Waals surface area contributed by atoms with Crippen LogP contribution in [0.1, 0.15) is 32.3 Å². The highest BCUT2D eigenvalue weighted by molar-refractivity contribution is 5.88. The normalized spacial score (nSPS) is 17.7. The summed E-state index contributed by atoms with van der Waals surface area (Å²) in [4.78, 5) is 25.8. The van der Waals surface area contributed by atoms with Crippen LogP contribution in [-0.4, -0.2) is 54.7 Å². The fourth-order valence-corrected chi connectivity index (χ4v) is 3.02. The minimum Gasteiger partial charge on any atom is -0.497 e. The molecule has 0 bridgehead atoms. The van der Waals surface area contributed by atoms with Crippen molar-refractivity contribution in [3.05, 3.63) is 29.8 Å². The van der Waals surface area contributed by atoms with Crippen LogP contribution in [0.2, 0.25) is 0 Å². The molecule has 1 atom stereocenters. The third-order valence-electron chi connectivity index (χ3n) is 4.78. The molecule has 144 valence electrons. The molecule has 2 N–H and O–H groups in total. The van der Waals surface area contributed by atoms with Crippen molar-refractivity contribution < 1.29 is 23.8 Å². The maximum absolute atomic E-state index is 15.3. The molecule has 1 saturated heterocycles. The standard InChI is InChI=1S/C19H27FN2O4/c1-13(2)17(24)21-16(12-23)18(25)22-9-7-19(20,8-10-22)14-5-4-6-15(11-14)26-3/h4-6,11,13,16,23H,7-10,12H2,1-3H3,(H,21,24)/t16-/m0/s1. The zero-order valence-electron chi connectivity index (χ0n) is 15.5. The summed E-state index contributed by atoms with van der Waals surface area (Å²) in [5, 5.41) is 12.0. The molecule has 1 fully saturated rings. The van der Waals surface area contributed by atoms with Crippen LogP contribution >= 0.6 is 0 Å². The number of ether oxygens (including phenoxy) is 1. The quantitative estimate of drug-likeness (QED) is 0.802. The van der Waals surface area contributed by atoms with E-state index in [1.54, 1.807) is 38.1 Å². The second kappa shape index (κ2) is 8.49. The van der Waals surface area contributed by atoms with E-state index in [0.717, 1.165) is 0 Å². The number of benzene rings is 1. The van der Waals surface area contributed by atoms with Crippen LogP contribution in [0.4, 0.5) is 4.39 Å². The summed E-state index contributed by atoms with van der Waals surface area (Å²) < 4.78 is 20.5. The van der Waals surface area contributed by atoms with E-state index in [4.69, 9.17) is 4.74 Å². The number of methoxy groups -OCH3 is 1. The summed E-state index contributed by atoms with van der Waals surface area (Å²) in [6.45, 7) is 3.38. The number of carbonyl (C=O) groups excluding carboxylic acids is 2. The van der Waals surface area contributed by atoms with Gasteiger partial charge in [-0.1, -0.05) is 26.0 Å². The number of hydrogen-bond donors (Lipinski definition) is 2. The molecular weight excluding hydrogens is 339 g/mol. The van der Waals surface area contributed by atoms with E-state index >= 15 is 4.39 Å². The smallest absolute Gasteiger partial charge is 0.247 e. The highest BCUT2D eigenvalue weighted by Gasteiger charge is 2.39. The van der Waals surface area contributed by atoms with Gasteiger partial charge < -0.3 is 20.1 Å². The van der Waals surface area contributed by atoms with E-state index in [9.17, 15) is 14.7 Å². The summed E-state index contributed by atoms with van der Waals surface area (Å²) >= 11 is 0. The van der Waals surface area contributed by atoms with Gasteiger partial charge in [0.2, 0.25) is 11.8 Å². The maximum atomic E-state index is 15.3. The molecule has 2 rings (SSSR count). The fourth-order valence-electron chi connectivity index (χ4n) is 3.02. The number of piperidine rings is 1. The van der Waals surface area contributed by atoms with Crippen LogP contribution in [-0.2, 0) is 15.3 Å². The van der Waals surface area contributed by atoms with Crippen LogP contribution in [0.25, 0.3) is 0 Å². The molecule has 1 heterocycles. The molecule has 0 aliphatic carbocycles. The topological polar surface area (TPSA) is 78.9 Å². The summed E-state index contributed by atoms with van der Waals surface area (Å²) in [5.74, 6) is -0.376. The van der Waals surface area contributed by atoms with Crippen LogP contribution in [0, 0.1) is 5.92 Å². The third-order valence-corrected chi connectivity index (χ3v) is 4.78. The summed E-state index contributed by atoms with van der Waals surface area (Å²) in [7, 11) is 1.53. The Labute approximate surface area is 153 Å². The highest BCUT2D eigenvalue weighted by Crippen LogP contribution is 2.38. The minimum atomic E-state index is -1.53. The Morgan fingerprint density at radius 1 is 1.35 bits per heavy atom. The number of nitrogens with one attached hydrogen (secondary N) is 1. The van der Waals surface area contributed by atoms with E-state index in [1.165, 1.54) is 12.0 Å². The van der Waals surface area contributed by atoms with Gasteiger partial charge in [-0.15, -0.1) is 0 Å². The molecular formula is C19H27FN2O4. The number of aliphatic hydroxyl groups excluding tert-OH is 1. The van der Waals surface area contributed by atoms with Crippen molar-refractivity contribution >= 4 is 11.8 Å². The van der Waals surface area contributed by atoms with Crippen LogP contribution in [0.3, 0.4) is 0 Å². The maximum Gasteiger partial charge on any atom is 0.247 e. The van der Waals surface area contributed by atoms with Crippen LogP contribution < -0.4 is 10.1 Å². The van der Waals surface area contributed by atoms with Gasteiger partial charge in [-0.3, -0.25) is 9.59 Å². The van der Waals surface area contributed by atoms with Crippen LogP contribution in [0.5, 0.6) is 5.75 Å². The highest BCUT2D eigenvalue weighted by atomic mass is 19.1. The molecule has 0 saturated carbocycles. The van der Waals surface area contributed by atoms with Gasteiger partial charge in [-0.25, -0.2) is 4.39 Å². The lowest BCUT2D eigenvalue weighted by molar-refractivity contribution is -0.140. The Balaban J connectivity index is 2.01. The molecule has 6 nitrogen and oxygen atoms in total. The van der Waals surface area contributed by atoms with Gasteiger partial charge in [-0.05, 0) is 17.7 Å². The van der Waals surface area contributed by atoms with Gasteiger partial charge in [-0.2, -0.15) is 0 Å². The number of halogens is 1. The van der Waals surface area contributed by atoms with Crippen molar-refractivity contribution in [2.24, 2.45) is 5.92 Å². The Morgan fingerprint density at radius 3 is 2.54 bits per heavy atom. The van der Waals surface area contributed by atoms with E-state index in [2.05, 4.69) is 5.32 Å². The Kier molecular flexibility index (Phi) is 6.58. The number of amides is 2. The molecule has 2 amide bonds. The average molecular weight is 366 g/mol. The number of carbonyl (C=O) groups is 2. The lowest BCUT2D eigenvalue weighted by Crippen LogP contribution is -2.54. The second-order valence-electron chi connectivity index (χ2n) is 6.92. The fraction of sp³-hybridized carbons (Fsp3) is 0.579. The van der Waals surface area contributed by atoms with Crippen molar-refractivity contribution in [3.8, 4) is 5.75 Å². The van der Waals surface area contributed by atoms with Crippen molar-refractivity contribution in [2.45, 2.75) is 38.4 Å². The predicted molar refractivity (Wildman–Crippen MR) is 95.4 cm³/mol. The number of alkyl halides is 1. The molecule has 7 heteroatoms. The van der Waals surface area contributed by atoms with Gasteiger partial charge in [0.15, 0.2) is 0 Å². The first kappa shape index (κ1) is 20.2. The third kappa shape index (κ3) is 4.52. The van der Waals surface area contributed by atoms with E-state index in [0.29, 0.717) is 11.3 Å². The molecule has 0 unspecified atom stereocenters. The number of hydrogen-bond acceptors (Lipinski definition) is 4. The molecule has 26 heavy (non-hydrogen) atoms. The van der Waals surface area contributed by atoms with Crippen molar-refractivity contribution in [1.82, 2.24) is 10.2 Å². The summed E-state index contributed by atoms with van der Waals surface area (Å²) in [6.07, 6.45) is 0.310. The summed E-state index contributed by atoms with van der Waals surface area (Å²) in [6, 6.07) is 5.91. The SMILES string of the molecule is COc1cccc(C2(F)CCN(C(=O)[C@H](CO)NC(=O)C(C)C)CC2)c1. The first-order chi connectivity index (χ1) is 12.3. The number of likely N-dealkylation sites (tertiary alicyclic amines) is 1. The minimum absolute atomic E-state index is 0.155. The zero-order chi connectivity index (χ0) is 19.3. The average Bonchev–Trinajstić information content (AvgIpc) is 2.65. The van der Waals surface area contributed by atoms with Gasteiger partial charge >= 0.3 is 0 Å². The molecule has 0 aromatic heterocycles. The lowest BCUT2D eigenvalue weighted by Gasteiger charge is -2.38. The molecule has 1 aromatic rings. The predicted octanol–water partition coefficient (Wildman–Crippen LogP) is 1.62. The molecule has 0 spiro atoms. The Morgan fingerprint density at radius 2 is 2.00 bits per heavy atom. The van der Waals surface area contributed by atoms with E-state index in [1.807, 2.05) is 0 Å². The van der Waals surface area contributed by atoms with Gasteiger partial charge in [0.05, 0.1) is 13.7 Å². The molecule has 0 radical (unpaired) electrons. The molecule has 1 aliphatic rings. The first-order valence-electron chi connectivity index (χ1n) is 8.84. The lowest BCUT2D eigenvalue weighted by atomic mass is 9.86. The van der Waals surface area contributed by atoms with Crippen molar-refractivity contribution in [1.29, 1.82) is 0 Å². The van der Waals surface area contributed by atoms with E-state index < -0.39 is 18.3 Å². The monoisotopic (exact) mass is 366 g/mol. The van der Waals surface area contributed by atoms with Gasteiger partial charge in [0.25, 0.3) is 0 Å². The van der Waals surface area contributed by atoms with Crippen LogP contribution in [0.15, 0.2) is 24.3 Å². The number of rotatable bonds is 6. The summed E-state index contributed by atoms with van der Waals surface area (Å²) in [5.41, 5.74) is -0.989. The number of aliphatic hydroxyl groups is 1. The van der Waals surface area contributed by atoms with E-state index in [-0.39, 0.29) is 43.7 Å².